The summed E-state index contributed by atoms with van der Waals surface area (Å²) in [5, 5.41) is 12.0. The van der Waals surface area contributed by atoms with Gasteiger partial charge >= 0.3 is 0 Å². The van der Waals surface area contributed by atoms with Crippen molar-refractivity contribution in [3.63, 3.8) is 0 Å². The Balaban J connectivity index is 1.67. The van der Waals surface area contributed by atoms with Crippen LogP contribution in [0.4, 0.5) is 0 Å². The largest absolute Gasteiger partial charge is 0.337 e. The summed E-state index contributed by atoms with van der Waals surface area (Å²) in [6, 6.07) is 0. The molecule has 0 atom stereocenters. The van der Waals surface area contributed by atoms with E-state index in [0.717, 1.165) is 11.5 Å². The molecule has 1 aliphatic carbocycles. The van der Waals surface area contributed by atoms with Crippen LogP contribution in [0.15, 0.2) is 10.7 Å². The van der Waals surface area contributed by atoms with Gasteiger partial charge in [-0.05, 0) is 12.8 Å². The third kappa shape index (κ3) is 2.81. The zero-order valence-electron chi connectivity index (χ0n) is 10.8. The Morgan fingerprint density at radius 3 is 2.89 bits per heavy atom. The highest BCUT2D eigenvalue weighted by Gasteiger charge is 2.21. The van der Waals surface area contributed by atoms with Gasteiger partial charge in [-0.15, -0.1) is 5.10 Å². The highest BCUT2D eigenvalue weighted by atomic mass is 16.5. The van der Waals surface area contributed by atoms with Crippen LogP contribution in [0, 0.1) is 0 Å². The summed E-state index contributed by atoms with van der Waals surface area (Å²) < 4.78 is 6.95. The molecule has 2 aromatic rings. The molecule has 2 heterocycles. The normalized spacial score (nSPS) is 16.9. The molecule has 0 aliphatic heterocycles. The average molecular weight is 262 g/mol. The van der Waals surface area contributed by atoms with E-state index in [4.69, 9.17) is 10.3 Å². The molecule has 19 heavy (non-hydrogen) atoms. The maximum atomic E-state index is 5.49. The van der Waals surface area contributed by atoms with Crippen LogP contribution in [0.1, 0.15) is 55.4 Å². The quantitative estimate of drug-likeness (QED) is 0.889. The molecule has 102 valence electrons. The Kier molecular flexibility index (Phi) is 3.54. The van der Waals surface area contributed by atoms with Crippen molar-refractivity contribution in [2.45, 2.75) is 51.1 Å². The summed E-state index contributed by atoms with van der Waals surface area (Å²) in [4.78, 5) is 4.47. The fourth-order valence-electron chi connectivity index (χ4n) is 2.51. The van der Waals surface area contributed by atoms with Gasteiger partial charge in [-0.25, -0.2) is 4.68 Å². The molecule has 7 heteroatoms. The number of hydrogen-bond donors (Lipinski definition) is 1. The van der Waals surface area contributed by atoms with E-state index in [2.05, 4.69) is 20.5 Å². The zero-order chi connectivity index (χ0) is 13.1. The van der Waals surface area contributed by atoms with Gasteiger partial charge in [0.15, 0.2) is 5.82 Å². The van der Waals surface area contributed by atoms with E-state index < -0.39 is 0 Å². The average Bonchev–Trinajstić information content (AvgIpc) is 3.09. The second kappa shape index (κ2) is 5.48. The summed E-state index contributed by atoms with van der Waals surface area (Å²) in [5.41, 5.74) is 6.25. The molecule has 0 saturated heterocycles. The molecule has 2 aromatic heterocycles. The summed E-state index contributed by atoms with van der Waals surface area (Å²) in [5.74, 6) is 1.88. The molecule has 1 fully saturated rings. The van der Waals surface area contributed by atoms with Crippen molar-refractivity contribution in [3.05, 3.63) is 23.6 Å². The van der Waals surface area contributed by atoms with Gasteiger partial charge in [-0.3, -0.25) is 0 Å². The van der Waals surface area contributed by atoms with Gasteiger partial charge in [0.1, 0.15) is 6.54 Å². The Hall–Kier alpha value is -1.76. The van der Waals surface area contributed by atoms with Gasteiger partial charge in [0, 0.05) is 12.5 Å². The van der Waals surface area contributed by atoms with Crippen molar-refractivity contribution in [1.82, 2.24) is 25.1 Å². The number of rotatable bonds is 4. The number of nitrogens with zero attached hydrogens (tertiary/aromatic N) is 5. The highest BCUT2D eigenvalue weighted by Crippen LogP contribution is 2.30. The van der Waals surface area contributed by atoms with Crippen molar-refractivity contribution in [2.24, 2.45) is 5.73 Å². The maximum absolute atomic E-state index is 5.49. The van der Waals surface area contributed by atoms with E-state index in [-0.39, 0.29) is 0 Å². The minimum atomic E-state index is 0.386. The Bertz CT molecular complexity index is 528. The third-order valence-corrected chi connectivity index (χ3v) is 3.55. The summed E-state index contributed by atoms with van der Waals surface area (Å²) in [6.45, 7) is 0.837. The Morgan fingerprint density at radius 1 is 1.32 bits per heavy atom. The van der Waals surface area contributed by atoms with E-state index in [9.17, 15) is 0 Å². The molecule has 1 aliphatic rings. The van der Waals surface area contributed by atoms with Crippen LogP contribution in [0.2, 0.25) is 0 Å². The lowest BCUT2D eigenvalue weighted by Gasteiger charge is -2.17. The molecule has 0 spiro atoms. The van der Waals surface area contributed by atoms with Gasteiger partial charge < -0.3 is 10.3 Å². The Morgan fingerprint density at radius 2 is 2.16 bits per heavy atom. The van der Waals surface area contributed by atoms with Crippen molar-refractivity contribution in [1.29, 1.82) is 0 Å². The first-order valence-electron chi connectivity index (χ1n) is 6.76. The van der Waals surface area contributed by atoms with Crippen LogP contribution in [0.25, 0.3) is 0 Å². The molecule has 1 saturated carbocycles. The van der Waals surface area contributed by atoms with Gasteiger partial charge in [0.25, 0.3) is 0 Å². The monoisotopic (exact) mass is 262 g/mol. The lowest BCUT2D eigenvalue weighted by molar-refractivity contribution is 0.348. The van der Waals surface area contributed by atoms with Crippen LogP contribution in [-0.4, -0.2) is 25.1 Å². The van der Waals surface area contributed by atoms with E-state index in [1.165, 1.54) is 32.1 Å². The predicted octanol–water partition coefficient (Wildman–Crippen LogP) is 1.22. The van der Waals surface area contributed by atoms with Crippen molar-refractivity contribution in [2.75, 3.05) is 0 Å². The molecule has 0 aromatic carbocycles. The van der Waals surface area contributed by atoms with E-state index in [1.807, 2.05) is 0 Å². The summed E-state index contributed by atoms with van der Waals surface area (Å²) >= 11 is 0. The van der Waals surface area contributed by atoms with Crippen molar-refractivity contribution in [3.8, 4) is 0 Å². The molecule has 0 amide bonds. The van der Waals surface area contributed by atoms with Crippen LogP contribution in [-0.2, 0) is 13.1 Å². The third-order valence-electron chi connectivity index (χ3n) is 3.55. The SMILES string of the molecule is NCc1cn(Cc2nc(C3CCCCC3)no2)nn1. The first kappa shape index (κ1) is 12.3. The van der Waals surface area contributed by atoms with Crippen molar-refractivity contribution >= 4 is 0 Å². The molecule has 0 unspecified atom stereocenters. The van der Waals surface area contributed by atoms with Gasteiger partial charge in [0.2, 0.25) is 5.89 Å². The molecule has 2 N–H and O–H groups in total. The topological polar surface area (TPSA) is 95.7 Å². The van der Waals surface area contributed by atoms with Gasteiger partial charge in [0.05, 0.1) is 11.9 Å². The van der Waals surface area contributed by atoms with Gasteiger partial charge in [-0.2, -0.15) is 4.98 Å². The first-order valence-corrected chi connectivity index (χ1v) is 6.76. The van der Waals surface area contributed by atoms with Gasteiger partial charge in [-0.1, -0.05) is 29.6 Å². The molecular weight excluding hydrogens is 244 g/mol. The zero-order valence-corrected chi connectivity index (χ0v) is 10.8. The van der Waals surface area contributed by atoms with Crippen molar-refractivity contribution < 1.29 is 4.52 Å². The first-order chi connectivity index (χ1) is 9.35. The van der Waals surface area contributed by atoms with E-state index >= 15 is 0 Å². The fourth-order valence-corrected chi connectivity index (χ4v) is 2.51. The standard InChI is InChI=1S/C12H18N6O/c13-6-10-7-18(17-15-10)8-11-14-12(16-19-11)9-4-2-1-3-5-9/h7,9H,1-6,8,13H2. The molecular formula is C12H18N6O. The lowest BCUT2D eigenvalue weighted by atomic mass is 9.89. The van der Waals surface area contributed by atoms with E-state index in [0.29, 0.717) is 24.9 Å². The molecule has 3 rings (SSSR count). The summed E-state index contributed by atoms with van der Waals surface area (Å²) in [6.07, 6.45) is 7.97. The molecule has 0 bridgehead atoms. The lowest BCUT2D eigenvalue weighted by Crippen LogP contribution is -2.07. The smallest absolute Gasteiger partial charge is 0.248 e. The second-order valence-corrected chi connectivity index (χ2v) is 4.99. The maximum Gasteiger partial charge on any atom is 0.248 e. The van der Waals surface area contributed by atoms with Crippen LogP contribution in [0.3, 0.4) is 0 Å². The fraction of sp³-hybridized carbons (Fsp3) is 0.667. The molecule has 7 nitrogen and oxygen atoms in total. The predicted molar refractivity (Wildman–Crippen MR) is 67.1 cm³/mol. The Labute approximate surface area is 111 Å². The second-order valence-electron chi connectivity index (χ2n) is 4.99. The van der Waals surface area contributed by atoms with Crippen LogP contribution in [0.5, 0.6) is 0 Å². The van der Waals surface area contributed by atoms with Crippen LogP contribution >= 0.6 is 0 Å². The van der Waals surface area contributed by atoms with E-state index in [1.54, 1.807) is 10.9 Å². The number of aromatic nitrogens is 5. The number of nitrogens with two attached hydrogens (primary N) is 1. The van der Waals surface area contributed by atoms with Crippen LogP contribution < -0.4 is 5.73 Å². The minimum absolute atomic E-state index is 0.386. The number of hydrogen-bond acceptors (Lipinski definition) is 6. The minimum Gasteiger partial charge on any atom is -0.337 e. The summed E-state index contributed by atoms with van der Waals surface area (Å²) in [7, 11) is 0. The molecule has 0 radical (unpaired) electrons. The highest BCUT2D eigenvalue weighted by molar-refractivity contribution is 4.98.